The molecule has 0 saturated carbocycles. The highest BCUT2D eigenvalue weighted by atomic mass is 35.5. The molecule has 0 aliphatic heterocycles. The second-order valence-electron chi connectivity index (χ2n) is 3.85. The molecule has 90 valence electrons. The average Bonchev–Trinajstić information content (AvgIpc) is 2.41. The van der Waals surface area contributed by atoms with E-state index in [-0.39, 0.29) is 0 Å². The summed E-state index contributed by atoms with van der Waals surface area (Å²) in [5.74, 6) is 1.23. The second-order valence-corrected chi connectivity index (χ2v) is 4.29. The van der Waals surface area contributed by atoms with E-state index in [9.17, 15) is 0 Å². The summed E-state index contributed by atoms with van der Waals surface area (Å²) in [5, 5.41) is 9.54. The van der Waals surface area contributed by atoms with E-state index in [1.165, 1.54) is 5.56 Å². The van der Waals surface area contributed by atoms with Crippen LogP contribution in [-0.4, -0.2) is 0 Å². The van der Waals surface area contributed by atoms with Crippen molar-refractivity contribution in [3.63, 3.8) is 0 Å². The Labute approximate surface area is 111 Å². The van der Waals surface area contributed by atoms with Gasteiger partial charge in [0.1, 0.15) is 17.6 Å². The third-order valence-corrected chi connectivity index (χ3v) is 2.86. The van der Waals surface area contributed by atoms with Crippen molar-refractivity contribution in [1.29, 1.82) is 5.26 Å². The molecule has 0 bridgehead atoms. The molecule has 0 aliphatic carbocycles. The Balaban J connectivity index is 2.25. The number of rotatable bonds is 3. The fraction of sp³-hybridized carbons (Fsp3) is 0.133. The lowest BCUT2D eigenvalue weighted by Gasteiger charge is -2.08. The summed E-state index contributed by atoms with van der Waals surface area (Å²) in [6, 6.07) is 14.9. The SMILES string of the molecule is CCc1ccc(Oc2ccc(Cl)cc2C#N)cc1. The Bertz CT molecular complexity index is 584. The lowest BCUT2D eigenvalue weighted by Crippen LogP contribution is -1.89. The monoisotopic (exact) mass is 257 g/mol. The van der Waals surface area contributed by atoms with E-state index in [1.54, 1.807) is 18.2 Å². The average molecular weight is 258 g/mol. The van der Waals surface area contributed by atoms with Crippen LogP contribution in [0.2, 0.25) is 5.02 Å². The molecule has 0 amide bonds. The van der Waals surface area contributed by atoms with Crippen LogP contribution in [0.4, 0.5) is 0 Å². The van der Waals surface area contributed by atoms with E-state index in [0.29, 0.717) is 22.1 Å². The van der Waals surface area contributed by atoms with Gasteiger partial charge in [-0.2, -0.15) is 5.26 Å². The van der Waals surface area contributed by atoms with E-state index in [4.69, 9.17) is 21.6 Å². The molecule has 0 aliphatic rings. The third kappa shape index (κ3) is 2.82. The molecule has 0 spiro atoms. The van der Waals surface area contributed by atoms with Gasteiger partial charge in [0.2, 0.25) is 0 Å². The minimum atomic E-state index is 0.432. The number of nitriles is 1. The van der Waals surface area contributed by atoms with Gasteiger partial charge in [-0.05, 0) is 42.3 Å². The fourth-order valence-corrected chi connectivity index (χ4v) is 1.77. The van der Waals surface area contributed by atoms with E-state index in [1.807, 2.05) is 24.3 Å². The Kier molecular flexibility index (Phi) is 3.86. The van der Waals surface area contributed by atoms with Gasteiger partial charge in [0.05, 0.1) is 5.56 Å². The molecule has 2 aromatic carbocycles. The van der Waals surface area contributed by atoms with Crippen LogP contribution in [0.1, 0.15) is 18.1 Å². The first kappa shape index (κ1) is 12.5. The van der Waals surface area contributed by atoms with Gasteiger partial charge in [-0.1, -0.05) is 30.7 Å². The minimum Gasteiger partial charge on any atom is -0.456 e. The molecular weight excluding hydrogens is 246 g/mol. The smallest absolute Gasteiger partial charge is 0.145 e. The van der Waals surface area contributed by atoms with Crippen LogP contribution in [0.25, 0.3) is 0 Å². The maximum Gasteiger partial charge on any atom is 0.145 e. The van der Waals surface area contributed by atoms with Crippen LogP contribution in [0.3, 0.4) is 0 Å². The summed E-state index contributed by atoms with van der Waals surface area (Å²) in [4.78, 5) is 0. The summed E-state index contributed by atoms with van der Waals surface area (Å²) >= 11 is 5.83. The molecule has 18 heavy (non-hydrogen) atoms. The maximum atomic E-state index is 9.01. The zero-order valence-electron chi connectivity index (χ0n) is 9.98. The van der Waals surface area contributed by atoms with Crippen molar-refractivity contribution in [2.24, 2.45) is 0 Å². The largest absolute Gasteiger partial charge is 0.456 e. The predicted molar refractivity (Wildman–Crippen MR) is 72.1 cm³/mol. The molecule has 0 fully saturated rings. The van der Waals surface area contributed by atoms with Gasteiger partial charge >= 0.3 is 0 Å². The van der Waals surface area contributed by atoms with Crippen molar-refractivity contribution in [2.75, 3.05) is 0 Å². The molecule has 2 nitrogen and oxygen atoms in total. The first-order valence-electron chi connectivity index (χ1n) is 5.69. The summed E-state index contributed by atoms with van der Waals surface area (Å²) in [7, 11) is 0. The molecule has 0 aromatic heterocycles. The van der Waals surface area contributed by atoms with Gasteiger partial charge in [-0.25, -0.2) is 0 Å². The number of halogens is 1. The molecule has 0 heterocycles. The van der Waals surface area contributed by atoms with Crippen molar-refractivity contribution in [3.8, 4) is 17.6 Å². The van der Waals surface area contributed by atoms with Crippen molar-refractivity contribution in [1.82, 2.24) is 0 Å². The molecular formula is C15H12ClNO. The maximum absolute atomic E-state index is 9.01. The zero-order valence-corrected chi connectivity index (χ0v) is 10.7. The highest BCUT2D eigenvalue weighted by molar-refractivity contribution is 6.30. The van der Waals surface area contributed by atoms with Crippen molar-refractivity contribution in [2.45, 2.75) is 13.3 Å². The van der Waals surface area contributed by atoms with Crippen LogP contribution in [0.5, 0.6) is 11.5 Å². The minimum absolute atomic E-state index is 0.432. The van der Waals surface area contributed by atoms with Crippen molar-refractivity contribution < 1.29 is 4.74 Å². The Morgan fingerprint density at radius 2 is 1.89 bits per heavy atom. The summed E-state index contributed by atoms with van der Waals surface area (Å²) in [5.41, 5.74) is 1.68. The molecule has 3 heteroatoms. The summed E-state index contributed by atoms with van der Waals surface area (Å²) in [6.45, 7) is 2.10. The lowest BCUT2D eigenvalue weighted by atomic mass is 10.2. The van der Waals surface area contributed by atoms with Crippen LogP contribution in [0.15, 0.2) is 42.5 Å². The van der Waals surface area contributed by atoms with Gasteiger partial charge in [-0.3, -0.25) is 0 Å². The van der Waals surface area contributed by atoms with Crippen LogP contribution < -0.4 is 4.74 Å². The van der Waals surface area contributed by atoms with E-state index < -0.39 is 0 Å². The van der Waals surface area contributed by atoms with Gasteiger partial charge in [-0.15, -0.1) is 0 Å². The lowest BCUT2D eigenvalue weighted by molar-refractivity contribution is 0.481. The highest BCUT2D eigenvalue weighted by Gasteiger charge is 2.05. The number of aryl methyl sites for hydroxylation is 1. The van der Waals surface area contributed by atoms with Crippen LogP contribution >= 0.6 is 11.6 Å². The van der Waals surface area contributed by atoms with E-state index in [2.05, 4.69) is 13.0 Å². The zero-order chi connectivity index (χ0) is 13.0. The van der Waals surface area contributed by atoms with Crippen LogP contribution in [-0.2, 0) is 6.42 Å². The topological polar surface area (TPSA) is 33.0 Å². The number of benzene rings is 2. The summed E-state index contributed by atoms with van der Waals surface area (Å²) in [6.07, 6.45) is 0.991. The van der Waals surface area contributed by atoms with Gasteiger partial charge in [0.15, 0.2) is 0 Å². The van der Waals surface area contributed by atoms with Crippen molar-refractivity contribution >= 4 is 11.6 Å². The van der Waals surface area contributed by atoms with Crippen molar-refractivity contribution in [3.05, 3.63) is 58.6 Å². The Morgan fingerprint density at radius 1 is 1.17 bits per heavy atom. The van der Waals surface area contributed by atoms with E-state index >= 15 is 0 Å². The standard InChI is InChI=1S/C15H12ClNO/c1-2-11-3-6-14(7-4-11)18-15-8-5-13(16)9-12(15)10-17/h3-9H,2H2,1H3. The molecule has 0 saturated heterocycles. The van der Waals surface area contributed by atoms with Gasteiger partial charge < -0.3 is 4.74 Å². The van der Waals surface area contributed by atoms with Gasteiger partial charge in [0, 0.05) is 5.02 Å². The number of hydrogen-bond acceptors (Lipinski definition) is 2. The third-order valence-electron chi connectivity index (χ3n) is 2.62. The highest BCUT2D eigenvalue weighted by Crippen LogP contribution is 2.27. The molecule has 0 radical (unpaired) electrons. The molecule has 2 rings (SSSR count). The second kappa shape index (κ2) is 5.57. The van der Waals surface area contributed by atoms with E-state index in [0.717, 1.165) is 6.42 Å². The summed E-state index contributed by atoms with van der Waals surface area (Å²) < 4.78 is 5.67. The quantitative estimate of drug-likeness (QED) is 0.807. The first-order valence-corrected chi connectivity index (χ1v) is 6.07. The normalized spacial score (nSPS) is 9.83. The molecule has 0 unspecified atom stereocenters. The van der Waals surface area contributed by atoms with Crippen LogP contribution in [0, 0.1) is 11.3 Å². The predicted octanol–water partition coefficient (Wildman–Crippen LogP) is 4.57. The first-order chi connectivity index (χ1) is 8.72. The number of hydrogen-bond donors (Lipinski definition) is 0. The molecule has 0 atom stereocenters. The molecule has 0 N–H and O–H groups in total. The Morgan fingerprint density at radius 3 is 2.50 bits per heavy atom. The molecule has 2 aromatic rings. The number of nitrogens with zero attached hydrogens (tertiary/aromatic N) is 1. The van der Waals surface area contributed by atoms with Gasteiger partial charge in [0.25, 0.3) is 0 Å². The number of ether oxygens (including phenoxy) is 1. The Hall–Kier alpha value is -1.98. The fourth-order valence-electron chi connectivity index (χ4n) is 1.60.